The standard InChI is InChI=1S/C13H17NO3/c1-9(2)16-13-12-10(7-8-15)5-3-4-6-11(12)17-14-13/h5,8-9H,3-4,6-7H2,1-2H3. The molecule has 1 heterocycles. The number of rotatable bonds is 4. The van der Waals surface area contributed by atoms with Gasteiger partial charge in [-0.25, -0.2) is 0 Å². The lowest BCUT2D eigenvalue weighted by molar-refractivity contribution is -0.107. The molecule has 1 aliphatic carbocycles. The number of hydrogen-bond donors (Lipinski definition) is 0. The van der Waals surface area contributed by atoms with Crippen LogP contribution in [0.4, 0.5) is 0 Å². The Hall–Kier alpha value is -1.58. The van der Waals surface area contributed by atoms with Gasteiger partial charge in [0.15, 0.2) is 0 Å². The number of nitrogens with zero attached hydrogens (tertiary/aromatic N) is 1. The molecule has 1 aromatic rings. The fourth-order valence-electron chi connectivity index (χ4n) is 2.01. The zero-order valence-electron chi connectivity index (χ0n) is 10.2. The Kier molecular flexibility index (Phi) is 3.61. The van der Waals surface area contributed by atoms with E-state index in [4.69, 9.17) is 9.26 Å². The first kappa shape index (κ1) is 11.9. The van der Waals surface area contributed by atoms with Crippen LogP contribution in [0.15, 0.2) is 10.6 Å². The molecule has 2 rings (SSSR count). The van der Waals surface area contributed by atoms with Gasteiger partial charge in [0.1, 0.15) is 12.0 Å². The molecule has 1 aliphatic rings. The summed E-state index contributed by atoms with van der Waals surface area (Å²) in [5, 5.41) is 3.96. The van der Waals surface area contributed by atoms with Crippen molar-refractivity contribution >= 4 is 11.9 Å². The first-order valence-corrected chi connectivity index (χ1v) is 6.00. The Morgan fingerprint density at radius 3 is 3.12 bits per heavy atom. The van der Waals surface area contributed by atoms with Crippen LogP contribution >= 0.6 is 0 Å². The van der Waals surface area contributed by atoms with Gasteiger partial charge in [0.25, 0.3) is 5.88 Å². The molecule has 0 amide bonds. The van der Waals surface area contributed by atoms with Crippen molar-refractivity contribution < 1.29 is 14.1 Å². The second-order valence-corrected chi connectivity index (χ2v) is 4.44. The topological polar surface area (TPSA) is 52.3 Å². The summed E-state index contributed by atoms with van der Waals surface area (Å²) in [4.78, 5) is 10.7. The average molecular weight is 235 g/mol. The van der Waals surface area contributed by atoms with Crippen LogP contribution in [0.2, 0.25) is 0 Å². The van der Waals surface area contributed by atoms with Crippen molar-refractivity contribution in [2.75, 3.05) is 0 Å². The smallest absolute Gasteiger partial charge is 0.262 e. The van der Waals surface area contributed by atoms with Gasteiger partial charge in [0.05, 0.1) is 11.7 Å². The van der Waals surface area contributed by atoms with Crippen LogP contribution in [0, 0.1) is 0 Å². The number of aromatic nitrogens is 1. The fraction of sp³-hybridized carbons (Fsp3) is 0.538. The number of aryl methyl sites for hydroxylation is 1. The molecule has 0 N–H and O–H groups in total. The third-order valence-corrected chi connectivity index (χ3v) is 2.70. The molecule has 4 nitrogen and oxygen atoms in total. The Morgan fingerprint density at radius 1 is 1.59 bits per heavy atom. The minimum atomic E-state index is 0.0462. The molecule has 1 aromatic heterocycles. The highest BCUT2D eigenvalue weighted by atomic mass is 16.5. The van der Waals surface area contributed by atoms with E-state index in [0.717, 1.165) is 42.4 Å². The molecule has 4 heteroatoms. The number of fused-ring (bicyclic) bond motifs is 1. The van der Waals surface area contributed by atoms with Crippen molar-refractivity contribution in [2.24, 2.45) is 0 Å². The van der Waals surface area contributed by atoms with E-state index in [1.807, 2.05) is 13.8 Å². The van der Waals surface area contributed by atoms with E-state index in [-0.39, 0.29) is 6.10 Å². The van der Waals surface area contributed by atoms with Gasteiger partial charge in [0, 0.05) is 12.8 Å². The Bertz CT molecular complexity index is 432. The van der Waals surface area contributed by atoms with Gasteiger partial charge in [0.2, 0.25) is 0 Å². The maximum atomic E-state index is 10.7. The Balaban J connectivity index is 2.38. The summed E-state index contributed by atoms with van der Waals surface area (Å²) >= 11 is 0. The van der Waals surface area contributed by atoms with Crippen LogP contribution < -0.4 is 4.74 Å². The summed E-state index contributed by atoms with van der Waals surface area (Å²) < 4.78 is 10.9. The lowest BCUT2D eigenvalue weighted by atomic mass is 10.0. The predicted octanol–water partition coefficient (Wildman–Crippen LogP) is 2.77. The van der Waals surface area contributed by atoms with Gasteiger partial charge in [-0.15, -0.1) is 0 Å². The highest BCUT2D eigenvalue weighted by Crippen LogP contribution is 2.34. The van der Waals surface area contributed by atoms with Crippen molar-refractivity contribution in [3.05, 3.63) is 17.4 Å². The molecule has 0 fully saturated rings. The quantitative estimate of drug-likeness (QED) is 0.753. The van der Waals surface area contributed by atoms with Gasteiger partial charge >= 0.3 is 0 Å². The minimum Gasteiger partial charge on any atom is -0.472 e. The van der Waals surface area contributed by atoms with Crippen LogP contribution in [0.25, 0.3) is 5.57 Å². The lowest BCUT2D eigenvalue weighted by Crippen LogP contribution is -2.07. The van der Waals surface area contributed by atoms with Gasteiger partial charge < -0.3 is 14.1 Å². The summed E-state index contributed by atoms with van der Waals surface area (Å²) in [6, 6.07) is 0. The first-order valence-electron chi connectivity index (χ1n) is 6.00. The highest BCUT2D eigenvalue weighted by molar-refractivity contribution is 5.80. The largest absolute Gasteiger partial charge is 0.472 e. The zero-order chi connectivity index (χ0) is 12.3. The summed E-state index contributed by atoms with van der Waals surface area (Å²) in [6.07, 6.45) is 6.27. The van der Waals surface area contributed by atoms with Crippen molar-refractivity contribution in [1.82, 2.24) is 5.16 Å². The monoisotopic (exact) mass is 235 g/mol. The molecule has 92 valence electrons. The Labute approximate surface area is 101 Å². The summed E-state index contributed by atoms with van der Waals surface area (Å²) in [7, 11) is 0. The Morgan fingerprint density at radius 2 is 2.41 bits per heavy atom. The minimum absolute atomic E-state index is 0.0462. The van der Waals surface area contributed by atoms with Crippen LogP contribution in [-0.4, -0.2) is 17.5 Å². The van der Waals surface area contributed by atoms with Crippen molar-refractivity contribution in [3.8, 4) is 5.88 Å². The number of hydrogen-bond acceptors (Lipinski definition) is 4. The third-order valence-electron chi connectivity index (χ3n) is 2.70. The molecule has 0 aliphatic heterocycles. The maximum Gasteiger partial charge on any atom is 0.262 e. The molecule has 0 radical (unpaired) electrons. The van der Waals surface area contributed by atoms with Gasteiger partial charge in [-0.2, -0.15) is 0 Å². The van der Waals surface area contributed by atoms with Gasteiger partial charge in [-0.05, 0) is 37.4 Å². The van der Waals surface area contributed by atoms with Crippen LogP contribution in [-0.2, 0) is 11.2 Å². The molecule has 0 aromatic carbocycles. The number of allylic oxidation sites excluding steroid dienone is 2. The summed E-state index contributed by atoms with van der Waals surface area (Å²) in [6.45, 7) is 3.89. The molecule has 0 saturated heterocycles. The SMILES string of the molecule is CC(C)Oc1noc2c1C(CC=O)=CCCC2. The fourth-order valence-corrected chi connectivity index (χ4v) is 2.01. The number of carbonyl (C=O) groups excluding carboxylic acids is 1. The molecule has 0 bridgehead atoms. The predicted molar refractivity (Wildman–Crippen MR) is 63.9 cm³/mol. The van der Waals surface area contributed by atoms with E-state index in [1.165, 1.54) is 0 Å². The molecule has 0 saturated carbocycles. The van der Waals surface area contributed by atoms with Crippen LogP contribution in [0.3, 0.4) is 0 Å². The average Bonchev–Trinajstić information content (AvgIpc) is 2.54. The highest BCUT2D eigenvalue weighted by Gasteiger charge is 2.23. The number of carbonyl (C=O) groups is 1. The molecule has 0 spiro atoms. The van der Waals surface area contributed by atoms with E-state index in [9.17, 15) is 4.79 Å². The van der Waals surface area contributed by atoms with E-state index in [1.54, 1.807) is 0 Å². The molecule has 0 unspecified atom stereocenters. The van der Waals surface area contributed by atoms with Gasteiger partial charge in [-0.3, -0.25) is 0 Å². The third kappa shape index (κ3) is 2.57. The van der Waals surface area contributed by atoms with Crippen molar-refractivity contribution in [2.45, 2.75) is 45.6 Å². The molecular formula is C13H17NO3. The van der Waals surface area contributed by atoms with E-state index >= 15 is 0 Å². The zero-order valence-corrected chi connectivity index (χ0v) is 10.2. The van der Waals surface area contributed by atoms with Gasteiger partial charge in [-0.1, -0.05) is 6.08 Å². The van der Waals surface area contributed by atoms with E-state index in [2.05, 4.69) is 11.2 Å². The van der Waals surface area contributed by atoms with Crippen LogP contribution in [0.5, 0.6) is 5.88 Å². The molecular weight excluding hydrogens is 218 g/mol. The second kappa shape index (κ2) is 5.17. The van der Waals surface area contributed by atoms with E-state index < -0.39 is 0 Å². The molecule has 0 atom stereocenters. The van der Waals surface area contributed by atoms with Crippen molar-refractivity contribution in [1.29, 1.82) is 0 Å². The van der Waals surface area contributed by atoms with Crippen molar-refractivity contribution in [3.63, 3.8) is 0 Å². The number of ether oxygens (including phenoxy) is 1. The van der Waals surface area contributed by atoms with E-state index in [0.29, 0.717) is 12.3 Å². The summed E-state index contributed by atoms with van der Waals surface area (Å²) in [5.74, 6) is 1.36. The van der Waals surface area contributed by atoms with Crippen LogP contribution in [0.1, 0.15) is 44.4 Å². The lowest BCUT2D eigenvalue weighted by Gasteiger charge is -2.09. The number of aldehydes is 1. The molecule has 17 heavy (non-hydrogen) atoms. The summed E-state index contributed by atoms with van der Waals surface area (Å²) in [5.41, 5.74) is 1.87. The maximum absolute atomic E-state index is 10.7. The normalized spacial score (nSPS) is 15.1. The first-order chi connectivity index (χ1) is 8.22. The second-order valence-electron chi connectivity index (χ2n) is 4.44.